The van der Waals surface area contributed by atoms with E-state index in [1.165, 1.54) is 11.0 Å². The second kappa shape index (κ2) is 6.81. The first kappa shape index (κ1) is 16.3. The van der Waals surface area contributed by atoms with Crippen molar-refractivity contribution in [3.8, 4) is 5.75 Å². The topological polar surface area (TPSA) is 46.6 Å². The lowest BCUT2D eigenvalue weighted by molar-refractivity contribution is -0.186. The molecule has 120 valence electrons. The van der Waals surface area contributed by atoms with Gasteiger partial charge in [0.25, 0.3) is 5.91 Å². The fraction of sp³-hybridized carbons (Fsp3) is 0.467. The molecule has 1 aromatic carbocycles. The number of piperidine rings is 1. The van der Waals surface area contributed by atoms with Crippen molar-refractivity contribution in [3.05, 3.63) is 29.8 Å². The Morgan fingerprint density at radius 2 is 2.00 bits per heavy atom. The van der Waals surface area contributed by atoms with Crippen molar-refractivity contribution in [2.24, 2.45) is 5.92 Å². The Kier molecular flexibility index (Phi) is 5.05. The van der Waals surface area contributed by atoms with E-state index in [1.807, 2.05) is 0 Å². The second-order valence-electron chi connectivity index (χ2n) is 5.18. The molecule has 7 heteroatoms. The second-order valence-corrected chi connectivity index (χ2v) is 5.18. The van der Waals surface area contributed by atoms with Crippen LogP contribution in [0.4, 0.5) is 13.2 Å². The molecule has 0 aliphatic carbocycles. The van der Waals surface area contributed by atoms with Crippen LogP contribution in [0, 0.1) is 5.92 Å². The SMILES string of the molecule is O=Cc1cccc(OCC(=O)N2CCC(C(F)(F)F)CC2)c1. The van der Waals surface area contributed by atoms with Crippen LogP contribution in [0.3, 0.4) is 0 Å². The van der Waals surface area contributed by atoms with Crippen molar-refractivity contribution < 1.29 is 27.5 Å². The van der Waals surface area contributed by atoms with Gasteiger partial charge >= 0.3 is 6.18 Å². The number of alkyl halides is 3. The molecule has 0 unspecified atom stereocenters. The normalized spacial score (nSPS) is 16.4. The maximum absolute atomic E-state index is 12.6. The number of benzene rings is 1. The predicted octanol–water partition coefficient (Wildman–Crippen LogP) is 2.68. The molecule has 1 aliphatic heterocycles. The summed E-state index contributed by atoms with van der Waals surface area (Å²) in [5, 5.41) is 0. The van der Waals surface area contributed by atoms with Gasteiger partial charge in [-0.15, -0.1) is 0 Å². The van der Waals surface area contributed by atoms with E-state index < -0.39 is 12.1 Å². The summed E-state index contributed by atoms with van der Waals surface area (Å²) >= 11 is 0. The van der Waals surface area contributed by atoms with E-state index in [4.69, 9.17) is 4.74 Å². The summed E-state index contributed by atoms with van der Waals surface area (Å²) in [4.78, 5) is 23.9. The van der Waals surface area contributed by atoms with Crippen molar-refractivity contribution in [2.45, 2.75) is 19.0 Å². The quantitative estimate of drug-likeness (QED) is 0.803. The van der Waals surface area contributed by atoms with Crippen molar-refractivity contribution in [1.29, 1.82) is 0 Å². The Bertz CT molecular complexity index is 537. The number of aldehydes is 1. The maximum Gasteiger partial charge on any atom is 0.391 e. The molecule has 1 aromatic rings. The lowest BCUT2D eigenvalue weighted by Crippen LogP contribution is -2.43. The summed E-state index contributed by atoms with van der Waals surface area (Å²) < 4.78 is 42.9. The molecule has 0 N–H and O–H groups in total. The van der Waals surface area contributed by atoms with E-state index in [0.717, 1.165) is 0 Å². The Balaban J connectivity index is 1.82. The molecule has 2 rings (SSSR count). The molecule has 0 atom stereocenters. The van der Waals surface area contributed by atoms with Gasteiger partial charge in [-0.1, -0.05) is 12.1 Å². The third-order valence-electron chi connectivity index (χ3n) is 3.67. The minimum absolute atomic E-state index is 0.0735. The van der Waals surface area contributed by atoms with E-state index in [2.05, 4.69) is 0 Å². The number of halogens is 3. The van der Waals surface area contributed by atoms with E-state index >= 15 is 0 Å². The molecule has 0 radical (unpaired) electrons. The largest absolute Gasteiger partial charge is 0.484 e. The third kappa shape index (κ3) is 4.22. The summed E-state index contributed by atoms with van der Waals surface area (Å²) in [5.74, 6) is -1.30. The van der Waals surface area contributed by atoms with Crippen LogP contribution in [0.1, 0.15) is 23.2 Å². The molecule has 1 fully saturated rings. The van der Waals surface area contributed by atoms with Crippen LogP contribution in [-0.4, -0.2) is 43.0 Å². The first-order chi connectivity index (χ1) is 10.4. The molecule has 0 spiro atoms. The molecular weight excluding hydrogens is 299 g/mol. The van der Waals surface area contributed by atoms with E-state index in [-0.39, 0.29) is 38.4 Å². The molecule has 0 bridgehead atoms. The summed E-state index contributed by atoms with van der Waals surface area (Å²) in [6.07, 6.45) is -3.68. The Morgan fingerprint density at radius 1 is 1.32 bits per heavy atom. The van der Waals surface area contributed by atoms with Crippen LogP contribution in [0.15, 0.2) is 24.3 Å². The van der Waals surface area contributed by atoms with Crippen LogP contribution in [-0.2, 0) is 4.79 Å². The van der Waals surface area contributed by atoms with Gasteiger partial charge in [-0.3, -0.25) is 9.59 Å². The van der Waals surface area contributed by atoms with Gasteiger partial charge in [-0.05, 0) is 25.0 Å². The zero-order valence-electron chi connectivity index (χ0n) is 11.8. The van der Waals surface area contributed by atoms with Gasteiger partial charge < -0.3 is 9.64 Å². The minimum atomic E-state index is -4.19. The Hall–Kier alpha value is -2.05. The monoisotopic (exact) mass is 315 g/mol. The maximum atomic E-state index is 12.6. The van der Waals surface area contributed by atoms with Gasteiger partial charge in [-0.25, -0.2) is 0 Å². The van der Waals surface area contributed by atoms with Crippen molar-refractivity contribution in [1.82, 2.24) is 4.90 Å². The average Bonchev–Trinajstić information content (AvgIpc) is 2.52. The number of amides is 1. The number of nitrogens with zero attached hydrogens (tertiary/aromatic N) is 1. The number of rotatable bonds is 4. The number of carbonyl (C=O) groups excluding carboxylic acids is 2. The first-order valence-corrected chi connectivity index (χ1v) is 6.92. The summed E-state index contributed by atoms with van der Waals surface area (Å²) in [6.45, 7) is -0.0828. The molecule has 1 aliphatic rings. The highest BCUT2D eigenvalue weighted by molar-refractivity contribution is 5.78. The molecule has 1 saturated heterocycles. The van der Waals surface area contributed by atoms with Crippen LogP contribution in [0.2, 0.25) is 0 Å². The zero-order valence-corrected chi connectivity index (χ0v) is 11.8. The van der Waals surface area contributed by atoms with E-state index in [9.17, 15) is 22.8 Å². The molecule has 1 amide bonds. The van der Waals surface area contributed by atoms with E-state index in [1.54, 1.807) is 18.2 Å². The van der Waals surface area contributed by atoms with Crippen LogP contribution >= 0.6 is 0 Å². The first-order valence-electron chi connectivity index (χ1n) is 6.92. The highest BCUT2D eigenvalue weighted by Crippen LogP contribution is 2.34. The summed E-state index contributed by atoms with van der Waals surface area (Å²) in [5.41, 5.74) is 0.427. The Morgan fingerprint density at radius 3 is 2.59 bits per heavy atom. The van der Waals surface area contributed by atoms with E-state index in [0.29, 0.717) is 17.6 Å². The average molecular weight is 315 g/mol. The van der Waals surface area contributed by atoms with Crippen LogP contribution in [0.5, 0.6) is 5.75 Å². The molecule has 22 heavy (non-hydrogen) atoms. The minimum Gasteiger partial charge on any atom is -0.484 e. The number of hydrogen-bond donors (Lipinski definition) is 0. The highest BCUT2D eigenvalue weighted by Gasteiger charge is 2.41. The lowest BCUT2D eigenvalue weighted by Gasteiger charge is -2.32. The van der Waals surface area contributed by atoms with Crippen molar-refractivity contribution in [3.63, 3.8) is 0 Å². The Labute approximate surface area is 125 Å². The fourth-order valence-corrected chi connectivity index (χ4v) is 2.37. The molecule has 4 nitrogen and oxygen atoms in total. The van der Waals surface area contributed by atoms with Crippen molar-refractivity contribution in [2.75, 3.05) is 19.7 Å². The molecule has 1 heterocycles. The molecule has 0 saturated carbocycles. The fourth-order valence-electron chi connectivity index (χ4n) is 2.37. The smallest absolute Gasteiger partial charge is 0.391 e. The van der Waals surface area contributed by atoms with Gasteiger partial charge in [-0.2, -0.15) is 13.2 Å². The highest BCUT2D eigenvalue weighted by atomic mass is 19.4. The van der Waals surface area contributed by atoms with Crippen LogP contribution < -0.4 is 4.74 Å². The lowest BCUT2D eigenvalue weighted by atomic mass is 9.96. The molecule has 0 aromatic heterocycles. The number of ether oxygens (including phenoxy) is 1. The standard InChI is InChI=1S/C15H16F3NO3/c16-15(17,18)12-4-6-19(7-5-12)14(21)10-22-13-3-1-2-11(8-13)9-20/h1-3,8-9,12H,4-7,10H2. The number of likely N-dealkylation sites (tertiary alicyclic amines) is 1. The van der Waals surface area contributed by atoms with Gasteiger partial charge in [0.1, 0.15) is 12.0 Å². The zero-order chi connectivity index (χ0) is 16.2. The van der Waals surface area contributed by atoms with Gasteiger partial charge in [0.2, 0.25) is 0 Å². The summed E-state index contributed by atoms with van der Waals surface area (Å²) in [6, 6.07) is 6.33. The van der Waals surface area contributed by atoms with Crippen LogP contribution in [0.25, 0.3) is 0 Å². The number of hydrogen-bond acceptors (Lipinski definition) is 3. The van der Waals surface area contributed by atoms with Gasteiger partial charge in [0.05, 0.1) is 5.92 Å². The number of carbonyl (C=O) groups is 2. The summed E-state index contributed by atoms with van der Waals surface area (Å²) in [7, 11) is 0. The van der Waals surface area contributed by atoms with Crippen molar-refractivity contribution >= 4 is 12.2 Å². The van der Waals surface area contributed by atoms with Gasteiger partial charge in [0, 0.05) is 18.7 Å². The predicted molar refractivity (Wildman–Crippen MR) is 72.7 cm³/mol. The third-order valence-corrected chi connectivity index (χ3v) is 3.67. The van der Waals surface area contributed by atoms with Gasteiger partial charge in [0.15, 0.2) is 6.61 Å². The molecular formula is C15H16F3NO3.